The molecule has 1 saturated carbocycles. The maximum absolute atomic E-state index is 5.75. The number of guanidine groups is 1. The molecular weight excluding hydrogens is 340 g/mol. The summed E-state index contributed by atoms with van der Waals surface area (Å²) < 4.78 is 11.4. The number of hydrogen-bond donors (Lipinski definition) is 2. The van der Waals surface area contributed by atoms with Crippen molar-refractivity contribution in [2.24, 2.45) is 10.9 Å². The number of aromatic nitrogens is 1. The molecule has 3 rings (SSSR count). The van der Waals surface area contributed by atoms with E-state index < -0.39 is 0 Å². The summed E-state index contributed by atoms with van der Waals surface area (Å²) in [5.74, 6) is 3.04. The predicted molar refractivity (Wildman–Crippen MR) is 107 cm³/mol. The fourth-order valence-electron chi connectivity index (χ4n) is 2.66. The van der Waals surface area contributed by atoms with Gasteiger partial charge < -0.3 is 20.1 Å². The van der Waals surface area contributed by atoms with Crippen molar-refractivity contribution in [1.29, 1.82) is 0 Å². The van der Waals surface area contributed by atoms with Crippen LogP contribution in [0.5, 0.6) is 11.6 Å². The highest BCUT2D eigenvalue weighted by atomic mass is 16.5. The molecule has 27 heavy (non-hydrogen) atoms. The first-order valence-electron chi connectivity index (χ1n) is 9.51. The molecular formula is C21H28N4O2. The second-order valence-corrected chi connectivity index (χ2v) is 6.58. The average Bonchev–Trinajstić information content (AvgIpc) is 3.53. The number of pyridine rings is 1. The van der Waals surface area contributed by atoms with E-state index in [0.29, 0.717) is 25.6 Å². The fourth-order valence-corrected chi connectivity index (χ4v) is 2.66. The first-order chi connectivity index (χ1) is 13.3. The lowest BCUT2D eigenvalue weighted by atomic mass is 10.2. The van der Waals surface area contributed by atoms with Crippen LogP contribution in [0.4, 0.5) is 0 Å². The summed E-state index contributed by atoms with van der Waals surface area (Å²) in [6.07, 6.45) is 4.33. The van der Waals surface area contributed by atoms with E-state index in [-0.39, 0.29) is 0 Å². The zero-order valence-corrected chi connectivity index (χ0v) is 16.1. The third-order valence-electron chi connectivity index (χ3n) is 4.37. The Morgan fingerprint density at radius 1 is 1.15 bits per heavy atom. The van der Waals surface area contributed by atoms with Gasteiger partial charge in [-0.15, -0.1) is 0 Å². The highest BCUT2D eigenvalue weighted by Crippen LogP contribution is 2.29. The van der Waals surface area contributed by atoms with Crippen molar-refractivity contribution in [3.8, 4) is 11.6 Å². The van der Waals surface area contributed by atoms with Gasteiger partial charge in [0.05, 0.1) is 13.2 Å². The number of benzene rings is 1. The topological polar surface area (TPSA) is 67.8 Å². The average molecular weight is 368 g/mol. The van der Waals surface area contributed by atoms with Crippen molar-refractivity contribution >= 4 is 5.96 Å². The van der Waals surface area contributed by atoms with Gasteiger partial charge in [0.15, 0.2) is 5.96 Å². The van der Waals surface area contributed by atoms with E-state index in [1.165, 1.54) is 12.8 Å². The summed E-state index contributed by atoms with van der Waals surface area (Å²) >= 11 is 0. The molecule has 144 valence electrons. The van der Waals surface area contributed by atoms with Crippen LogP contribution in [-0.2, 0) is 13.1 Å². The molecule has 0 unspecified atom stereocenters. The zero-order valence-electron chi connectivity index (χ0n) is 16.1. The van der Waals surface area contributed by atoms with Gasteiger partial charge in [0.25, 0.3) is 0 Å². The first kappa shape index (κ1) is 19.0. The molecule has 2 N–H and O–H groups in total. The van der Waals surface area contributed by atoms with Crippen LogP contribution in [0.15, 0.2) is 47.6 Å². The van der Waals surface area contributed by atoms with Gasteiger partial charge in [-0.3, -0.25) is 4.99 Å². The maximum Gasteiger partial charge on any atom is 0.213 e. The third kappa shape index (κ3) is 6.16. The summed E-state index contributed by atoms with van der Waals surface area (Å²) in [6.45, 7) is 4.70. The van der Waals surface area contributed by atoms with Crippen LogP contribution in [0.1, 0.15) is 30.9 Å². The standard InChI is InChI=1S/C21H28N4O2/c1-3-26-19-7-5-4-6-18(19)14-25-21(22-2)24-13-17-10-11-23-20(12-17)27-15-16-8-9-16/h4-7,10-12,16H,3,8-9,13-15H2,1-2H3,(H2,22,24,25). The molecule has 1 aliphatic rings. The van der Waals surface area contributed by atoms with Crippen LogP contribution in [-0.4, -0.2) is 31.2 Å². The second kappa shape index (κ2) is 9.80. The number of para-hydroxylation sites is 1. The van der Waals surface area contributed by atoms with Gasteiger partial charge in [-0.1, -0.05) is 18.2 Å². The highest BCUT2D eigenvalue weighted by Gasteiger charge is 2.22. The molecule has 0 atom stereocenters. The predicted octanol–water partition coefficient (Wildman–Crippen LogP) is 3.13. The van der Waals surface area contributed by atoms with Crippen molar-refractivity contribution in [3.63, 3.8) is 0 Å². The smallest absolute Gasteiger partial charge is 0.213 e. The molecule has 0 saturated heterocycles. The molecule has 6 nitrogen and oxygen atoms in total. The molecule has 1 aromatic carbocycles. The van der Waals surface area contributed by atoms with Crippen LogP contribution in [0.2, 0.25) is 0 Å². The van der Waals surface area contributed by atoms with Crippen LogP contribution in [0, 0.1) is 5.92 Å². The minimum atomic E-state index is 0.641. The minimum absolute atomic E-state index is 0.641. The molecule has 1 fully saturated rings. The molecule has 1 aliphatic carbocycles. The molecule has 6 heteroatoms. The Hall–Kier alpha value is -2.76. The summed E-state index contributed by atoms with van der Waals surface area (Å²) in [6, 6.07) is 12.0. The van der Waals surface area contributed by atoms with Crippen LogP contribution < -0.4 is 20.1 Å². The molecule has 0 amide bonds. The number of nitrogens with zero attached hydrogens (tertiary/aromatic N) is 2. The van der Waals surface area contributed by atoms with Crippen molar-refractivity contribution in [2.45, 2.75) is 32.9 Å². The molecule has 1 aromatic heterocycles. The second-order valence-electron chi connectivity index (χ2n) is 6.58. The van der Waals surface area contributed by atoms with Gasteiger partial charge in [0, 0.05) is 38.0 Å². The van der Waals surface area contributed by atoms with Gasteiger partial charge in [-0.05, 0) is 43.4 Å². The molecule has 2 aromatic rings. The van der Waals surface area contributed by atoms with E-state index in [4.69, 9.17) is 9.47 Å². The number of nitrogens with one attached hydrogen (secondary N) is 2. The van der Waals surface area contributed by atoms with E-state index in [1.54, 1.807) is 13.2 Å². The van der Waals surface area contributed by atoms with Gasteiger partial charge in [0.2, 0.25) is 5.88 Å². The molecule has 0 bridgehead atoms. The molecule has 0 spiro atoms. The zero-order chi connectivity index (χ0) is 18.9. The van der Waals surface area contributed by atoms with Crippen molar-refractivity contribution in [3.05, 3.63) is 53.7 Å². The number of hydrogen-bond acceptors (Lipinski definition) is 4. The molecule has 0 radical (unpaired) electrons. The summed E-state index contributed by atoms with van der Waals surface area (Å²) in [5, 5.41) is 6.66. The van der Waals surface area contributed by atoms with E-state index in [1.807, 2.05) is 37.3 Å². The van der Waals surface area contributed by atoms with E-state index >= 15 is 0 Å². The summed E-state index contributed by atoms with van der Waals surface area (Å²) in [5.41, 5.74) is 2.20. The largest absolute Gasteiger partial charge is 0.494 e. The Morgan fingerprint density at radius 3 is 2.74 bits per heavy atom. The Bertz CT molecular complexity index is 759. The highest BCUT2D eigenvalue weighted by molar-refractivity contribution is 5.79. The Kier molecular flexibility index (Phi) is 6.90. The van der Waals surface area contributed by atoms with Crippen LogP contribution in [0.25, 0.3) is 0 Å². The Balaban J connectivity index is 1.50. The SMILES string of the molecule is CCOc1ccccc1CNC(=NC)NCc1ccnc(OCC2CC2)c1. The lowest BCUT2D eigenvalue weighted by Gasteiger charge is -2.14. The normalized spacial score (nSPS) is 13.9. The molecule has 1 heterocycles. The summed E-state index contributed by atoms with van der Waals surface area (Å²) in [7, 11) is 1.76. The van der Waals surface area contributed by atoms with Gasteiger partial charge in [0.1, 0.15) is 5.75 Å². The Morgan fingerprint density at radius 2 is 1.96 bits per heavy atom. The van der Waals surface area contributed by atoms with Crippen molar-refractivity contribution in [2.75, 3.05) is 20.3 Å². The number of aliphatic imine (C=N–C) groups is 1. The fraction of sp³-hybridized carbons (Fsp3) is 0.429. The molecule has 0 aliphatic heterocycles. The lowest BCUT2D eigenvalue weighted by molar-refractivity contribution is 0.288. The van der Waals surface area contributed by atoms with E-state index in [9.17, 15) is 0 Å². The maximum atomic E-state index is 5.75. The number of rotatable bonds is 9. The first-order valence-corrected chi connectivity index (χ1v) is 9.51. The van der Waals surface area contributed by atoms with Crippen molar-refractivity contribution < 1.29 is 9.47 Å². The third-order valence-corrected chi connectivity index (χ3v) is 4.37. The van der Waals surface area contributed by atoms with Gasteiger partial charge in [-0.25, -0.2) is 4.98 Å². The monoisotopic (exact) mass is 368 g/mol. The van der Waals surface area contributed by atoms with Crippen LogP contribution in [0.3, 0.4) is 0 Å². The van der Waals surface area contributed by atoms with Gasteiger partial charge >= 0.3 is 0 Å². The van der Waals surface area contributed by atoms with E-state index in [0.717, 1.165) is 35.4 Å². The van der Waals surface area contributed by atoms with E-state index in [2.05, 4.69) is 26.7 Å². The van der Waals surface area contributed by atoms with Crippen molar-refractivity contribution in [1.82, 2.24) is 15.6 Å². The van der Waals surface area contributed by atoms with Gasteiger partial charge in [-0.2, -0.15) is 0 Å². The summed E-state index contributed by atoms with van der Waals surface area (Å²) in [4.78, 5) is 8.57. The number of ether oxygens (including phenoxy) is 2. The van der Waals surface area contributed by atoms with Crippen LogP contribution >= 0.6 is 0 Å². The lowest BCUT2D eigenvalue weighted by Crippen LogP contribution is -2.36. The minimum Gasteiger partial charge on any atom is -0.494 e. The quantitative estimate of drug-likeness (QED) is 0.526. The Labute approximate surface area is 161 Å².